The number of unbranched alkanes of at least 4 members (excludes halogenated alkanes) is 4. The predicted molar refractivity (Wildman–Crippen MR) is 80.6 cm³/mol. The Balaban J connectivity index is -0.000000224. The van der Waals surface area contributed by atoms with E-state index in [1.165, 1.54) is 42.7 Å². The second kappa shape index (κ2) is 15.5. The van der Waals surface area contributed by atoms with Crippen LogP contribution in [-0.2, 0) is 0 Å². The van der Waals surface area contributed by atoms with Gasteiger partial charge in [-0.2, -0.15) is 0 Å². The fourth-order valence-corrected chi connectivity index (χ4v) is 2.97. The molecule has 0 aliphatic heterocycles. The maximum Gasteiger partial charge on any atom is -0.0533 e. The van der Waals surface area contributed by atoms with Gasteiger partial charge in [0.1, 0.15) is 0 Å². The molecule has 0 aliphatic rings. The smallest absolute Gasteiger partial charge is 0.0533 e. The molecule has 16 heavy (non-hydrogen) atoms. The SMILES string of the molecule is CC(C)[CH2][Al+][CH2]C(C)C.CCCCCCC.[H-]. The zero-order valence-corrected chi connectivity index (χ0v) is 13.8. The first kappa shape index (κ1) is 18.9. The molecule has 0 amide bonds. The molecule has 0 atom stereocenters. The molecule has 0 unspecified atom stereocenters. The van der Waals surface area contributed by atoms with Crippen LogP contribution < -0.4 is 0 Å². The minimum absolute atomic E-state index is 0. The molecule has 0 aliphatic carbocycles. The molecule has 0 N–H and O–H groups in total. The second-order valence-electron chi connectivity index (χ2n) is 5.61. The average Bonchev–Trinajstić information content (AvgIpc) is 2.18. The maximum atomic E-state index is 2.31. The minimum atomic E-state index is 0. The summed E-state index contributed by atoms with van der Waals surface area (Å²) in [6.45, 7) is 13.7. The van der Waals surface area contributed by atoms with Gasteiger partial charge in [-0.3, -0.25) is 0 Å². The van der Waals surface area contributed by atoms with Gasteiger partial charge in [-0.25, -0.2) is 0 Å². The summed E-state index contributed by atoms with van der Waals surface area (Å²) in [6, 6.07) is 0. The van der Waals surface area contributed by atoms with E-state index in [9.17, 15) is 0 Å². The monoisotopic (exact) mass is 242 g/mol. The van der Waals surface area contributed by atoms with Gasteiger partial charge in [0.25, 0.3) is 0 Å². The third-order valence-electron chi connectivity index (χ3n) is 2.48. The Hall–Kier alpha value is 0.532. The van der Waals surface area contributed by atoms with Crippen LogP contribution in [0.4, 0.5) is 0 Å². The van der Waals surface area contributed by atoms with Crippen molar-refractivity contribution in [3.8, 4) is 0 Å². The van der Waals surface area contributed by atoms with E-state index >= 15 is 0 Å². The van der Waals surface area contributed by atoms with Crippen LogP contribution in [0.1, 0.15) is 75.1 Å². The van der Waals surface area contributed by atoms with Gasteiger partial charge in [-0.15, -0.1) is 0 Å². The molecule has 0 fully saturated rings. The molecule has 0 aromatic rings. The molecule has 0 bridgehead atoms. The normalized spacial score (nSPS) is 10.0. The third kappa shape index (κ3) is 24.0. The first-order valence-corrected chi connectivity index (χ1v) is 8.99. The molecule has 0 nitrogen and oxygen atoms in total. The van der Waals surface area contributed by atoms with Crippen LogP contribution in [-0.4, -0.2) is 15.2 Å². The Morgan fingerprint density at radius 1 is 0.750 bits per heavy atom. The quantitative estimate of drug-likeness (QED) is 0.365. The molecule has 98 valence electrons. The van der Waals surface area contributed by atoms with Gasteiger partial charge in [0.05, 0.1) is 0 Å². The first-order valence-electron chi connectivity index (χ1n) is 7.36. The topological polar surface area (TPSA) is 0 Å². The van der Waals surface area contributed by atoms with E-state index in [4.69, 9.17) is 0 Å². The number of hydrogen-bond donors (Lipinski definition) is 0. The van der Waals surface area contributed by atoms with Crippen molar-refractivity contribution in [2.24, 2.45) is 11.8 Å². The predicted octanol–water partition coefficient (Wildman–Crippen LogP) is 5.93. The van der Waals surface area contributed by atoms with E-state index in [0.29, 0.717) is 0 Å². The van der Waals surface area contributed by atoms with Crippen molar-refractivity contribution in [2.45, 2.75) is 84.2 Å². The Morgan fingerprint density at radius 3 is 1.38 bits per heavy atom. The van der Waals surface area contributed by atoms with Crippen LogP contribution in [0.15, 0.2) is 0 Å². The van der Waals surface area contributed by atoms with Crippen LogP contribution in [0.5, 0.6) is 0 Å². The molecule has 0 heterocycles. The van der Waals surface area contributed by atoms with Gasteiger partial charge >= 0.3 is 65.3 Å². The van der Waals surface area contributed by atoms with Crippen molar-refractivity contribution in [1.29, 1.82) is 0 Å². The zero-order valence-electron chi connectivity index (χ0n) is 13.7. The molecule has 0 saturated carbocycles. The number of hydrogen-bond acceptors (Lipinski definition) is 0. The molecule has 0 rings (SSSR count). The van der Waals surface area contributed by atoms with Crippen LogP contribution >= 0.6 is 0 Å². The van der Waals surface area contributed by atoms with Crippen molar-refractivity contribution in [2.75, 3.05) is 0 Å². The van der Waals surface area contributed by atoms with Gasteiger partial charge in [0.15, 0.2) is 0 Å². The molecule has 0 aromatic carbocycles. The Kier molecular flexibility index (Phi) is 18.3. The van der Waals surface area contributed by atoms with E-state index in [0.717, 1.165) is 27.1 Å². The third-order valence-corrected chi connectivity index (χ3v) is 5.04. The summed E-state index contributed by atoms with van der Waals surface area (Å²) in [4.78, 5) is 0. The van der Waals surface area contributed by atoms with Crippen molar-refractivity contribution in [3.63, 3.8) is 0 Å². The van der Waals surface area contributed by atoms with Gasteiger partial charge in [0, 0.05) is 0 Å². The van der Waals surface area contributed by atoms with Gasteiger partial charge in [0.2, 0.25) is 0 Å². The molecule has 0 aromatic heterocycles. The van der Waals surface area contributed by atoms with Crippen molar-refractivity contribution in [1.82, 2.24) is 0 Å². The summed E-state index contributed by atoms with van der Waals surface area (Å²) in [6.07, 6.45) is 7.01. The zero-order chi connectivity index (χ0) is 12.8. The second-order valence-corrected chi connectivity index (χ2v) is 7.13. The van der Waals surface area contributed by atoms with Crippen molar-refractivity contribution >= 4 is 15.2 Å². The van der Waals surface area contributed by atoms with E-state index in [1.807, 2.05) is 0 Å². The average molecular weight is 242 g/mol. The van der Waals surface area contributed by atoms with Gasteiger partial charge < -0.3 is 1.43 Å². The van der Waals surface area contributed by atoms with E-state index in [-0.39, 0.29) is 1.43 Å². The van der Waals surface area contributed by atoms with Crippen LogP contribution in [0, 0.1) is 11.8 Å². The summed E-state index contributed by atoms with van der Waals surface area (Å²) in [5, 5.41) is 2.97. The first-order chi connectivity index (χ1) is 7.54. The minimum Gasteiger partial charge on any atom is -1.00 e. The van der Waals surface area contributed by atoms with Gasteiger partial charge in [-0.05, 0) is 0 Å². The number of rotatable bonds is 8. The standard InChI is InChI=1S/C7H16.2C4H9.Al.H/c1-3-5-7-6-4-2;2*1-4(2)3;;/h3-7H2,1-2H3;2*4H,1H2,2-3H3;;/q;;;+1;-1. The summed E-state index contributed by atoms with van der Waals surface area (Å²) in [5.41, 5.74) is 0. The Morgan fingerprint density at radius 2 is 1.12 bits per heavy atom. The Bertz CT molecular complexity index is 101. The summed E-state index contributed by atoms with van der Waals surface area (Å²) in [5.74, 6) is 1.86. The van der Waals surface area contributed by atoms with Crippen LogP contribution in [0.3, 0.4) is 0 Å². The molecule has 0 spiro atoms. The van der Waals surface area contributed by atoms with Crippen LogP contribution in [0.25, 0.3) is 0 Å². The van der Waals surface area contributed by atoms with E-state index < -0.39 is 0 Å². The fourth-order valence-electron chi connectivity index (χ4n) is 1.44. The molecule has 0 radical (unpaired) electrons. The Labute approximate surface area is 113 Å². The summed E-state index contributed by atoms with van der Waals surface area (Å²) < 4.78 is 0. The summed E-state index contributed by atoms with van der Waals surface area (Å²) >= 11 is 0.755. The summed E-state index contributed by atoms with van der Waals surface area (Å²) in [7, 11) is 0. The molecule has 0 saturated heterocycles. The van der Waals surface area contributed by atoms with Gasteiger partial charge in [-0.1, -0.05) is 46.0 Å². The largest absolute Gasteiger partial charge is 1.00 e. The van der Waals surface area contributed by atoms with Crippen molar-refractivity contribution in [3.05, 3.63) is 0 Å². The fraction of sp³-hybridized carbons (Fsp3) is 1.00. The van der Waals surface area contributed by atoms with Crippen molar-refractivity contribution < 1.29 is 1.43 Å². The molecular formula is C15H35Al. The maximum absolute atomic E-state index is 2.31. The van der Waals surface area contributed by atoms with E-state index in [2.05, 4.69) is 41.5 Å². The molecular weight excluding hydrogens is 207 g/mol. The molecule has 1 heteroatoms. The van der Waals surface area contributed by atoms with Crippen LogP contribution in [0.2, 0.25) is 10.6 Å². The van der Waals surface area contributed by atoms with E-state index in [1.54, 1.807) is 0 Å².